The van der Waals surface area contributed by atoms with Gasteiger partial charge < -0.3 is 0 Å². The van der Waals surface area contributed by atoms with E-state index < -0.39 is 0 Å². The molecule has 0 amide bonds. The van der Waals surface area contributed by atoms with Gasteiger partial charge in [-0.2, -0.15) is 0 Å². The number of fused-ring (bicyclic) bond motifs is 2. The molecule has 4 saturated carbocycles. The molecule has 5 atom stereocenters. The molecule has 0 aliphatic heterocycles. The van der Waals surface area contributed by atoms with E-state index in [1.54, 1.807) is 24.8 Å². The van der Waals surface area contributed by atoms with Crippen molar-refractivity contribution < 1.29 is 0 Å². The van der Waals surface area contributed by atoms with Gasteiger partial charge in [-0.3, -0.25) is 0 Å². The van der Waals surface area contributed by atoms with E-state index >= 15 is 0 Å². The molecule has 2 aromatic rings. The Bertz CT molecular complexity index is 801. The van der Waals surface area contributed by atoms with Crippen molar-refractivity contribution in [3.05, 3.63) is 59.1 Å². The predicted octanol–water partition coefficient (Wildman–Crippen LogP) is 6.47. The Morgan fingerprint density at radius 3 is 2.21 bits per heavy atom. The van der Waals surface area contributed by atoms with Crippen LogP contribution < -0.4 is 0 Å². The zero-order valence-electron chi connectivity index (χ0n) is 14.0. The predicted molar refractivity (Wildman–Crippen MR) is 99.2 cm³/mol. The average molecular weight is 335 g/mol. The van der Waals surface area contributed by atoms with Gasteiger partial charge in [0.2, 0.25) is 0 Å². The molecule has 4 aliphatic rings. The smallest absolute Gasteiger partial charge is 0.0406 e. The highest BCUT2D eigenvalue weighted by Gasteiger charge is 2.70. The van der Waals surface area contributed by atoms with Gasteiger partial charge in [0, 0.05) is 5.02 Å². The summed E-state index contributed by atoms with van der Waals surface area (Å²) in [4.78, 5) is 0. The number of benzene rings is 2. The van der Waals surface area contributed by atoms with Gasteiger partial charge in [0.05, 0.1) is 0 Å². The molecule has 0 N–H and O–H groups in total. The zero-order valence-corrected chi connectivity index (χ0v) is 14.7. The molecule has 4 aliphatic carbocycles. The third kappa shape index (κ3) is 1.66. The van der Waals surface area contributed by atoms with Gasteiger partial charge in [0.1, 0.15) is 0 Å². The Balaban J connectivity index is 1.36. The lowest BCUT2D eigenvalue weighted by molar-refractivity contribution is -0.000160. The minimum Gasteiger partial charge on any atom is -0.0843 e. The number of rotatable bonds is 2. The molecule has 5 unspecified atom stereocenters. The van der Waals surface area contributed by atoms with Crippen LogP contribution in [0, 0.1) is 23.2 Å². The fourth-order valence-electron chi connectivity index (χ4n) is 7.35. The second-order valence-corrected chi connectivity index (χ2v) is 9.55. The van der Waals surface area contributed by atoms with Crippen LogP contribution in [-0.4, -0.2) is 0 Å². The Morgan fingerprint density at radius 1 is 0.750 bits per heavy atom. The summed E-state index contributed by atoms with van der Waals surface area (Å²) in [6.45, 7) is 0. The monoisotopic (exact) mass is 334 g/mol. The van der Waals surface area contributed by atoms with Crippen LogP contribution in [0.15, 0.2) is 48.5 Å². The van der Waals surface area contributed by atoms with Crippen molar-refractivity contribution in [3.63, 3.8) is 0 Å². The van der Waals surface area contributed by atoms with E-state index in [-0.39, 0.29) is 0 Å². The van der Waals surface area contributed by atoms with Crippen LogP contribution in [0.5, 0.6) is 0 Å². The maximum atomic E-state index is 6.02. The fraction of sp³-hybridized carbons (Fsp3) is 0.478. The average Bonchev–Trinajstić information content (AvgIpc) is 2.91. The third-order valence-corrected chi connectivity index (χ3v) is 8.39. The maximum absolute atomic E-state index is 6.02. The first-order valence-corrected chi connectivity index (χ1v) is 9.91. The molecule has 3 bridgehead atoms. The summed E-state index contributed by atoms with van der Waals surface area (Å²) >= 11 is 6.02. The van der Waals surface area contributed by atoms with Crippen molar-refractivity contribution in [2.45, 2.75) is 43.9 Å². The summed E-state index contributed by atoms with van der Waals surface area (Å²) < 4.78 is 0. The van der Waals surface area contributed by atoms with Gasteiger partial charge in [-0.15, -0.1) is 0 Å². The van der Waals surface area contributed by atoms with Crippen LogP contribution in [0.2, 0.25) is 5.02 Å². The molecule has 2 aromatic carbocycles. The second kappa shape index (κ2) is 4.47. The van der Waals surface area contributed by atoms with Crippen molar-refractivity contribution in [3.8, 4) is 11.1 Å². The molecular weight excluding hydrogens is 312 g/mol. The van der Waals surface area contributed by atoms with Crippen molar-refractivity contribution >= 4 is 11.6 Å². The first kappa shape index (κ1) is 14.0. The van der Waals surface area contributed by atoms with E-state index in [1.165, 1.54) is 30.4 Å². The summed E-state index contributed by atoms with van der Waals surface area (Å²) in [5.74, 6) is 3.16. The summed E-state index contributed by atoms with van der Waals surface area (Å²) in [6, 6.07) is 17.7. The van der Waals surface area contributed by atoms with E-state index in [1.807, 2.05) is 12.1 Å². The molecule has 24 heavy (non-hydrogen) atoms. The zero-order chi connectivity index (χ0) is 15.9. The molecule has 1 spiro atoms. The van der Waals surface area contributed by atoms with Crippen LogP contribution in [0.1, 0.15) is 44.1 Å². The lowest BCUT2D eigenvalue weighted by Crippen LogP contribution is -2.42. The second-order valence-electron chi connectivity index (χ2n) is 9.12. The van der Waals surface area contributed by atoms with Gasteiger partial charge in [0.15, 0.2) is 0 Å². The molecule has 0 nitrogen and oxygen atoms in total. The molecular formula is C23H23Cl. The van der Waals surface area contributed by atoms with E-state index in [9.17, 15) is 0 Å². The van der Waals surface area contributed by atoms with Gasteiger partial charge in [-0.1, -0.05) is 48.0 Å². The van der Waals surface area contributed by atoms with Crippen LogP contribution in [0.3, 0.4) is 0 Å². The van der Waals surface area contributed by atoms with Crippen LogP contribution in [0.4, 0.5) is 0 Å². The van der Waals surface area contributed by atoms with Crippen molar-refractivity contribution in [2.24, 2.45) is 23.2 Å². The van der Waals surface area contributed by atoms with E-state index in [2.05, 4.69) is 36.4 Å². The normalized spacial score (nSPS) is 41.3. The van der Waals surface area contributed by atoms with Gasteiger partial charge in [-0.25, -0.2) is 0 Å². The molecule has 0 saturated heterocycles. The molecule has 1 heteroatoms. The first-order chi connectivity index (χ1) is 11.7. The Morgan fingerprint density at radius 2 is 1.46 bits per heavy atom. The largest absolute Gasteiger partial charge is 0.0843 e. The van der Waals surface area contributed by atoms with Crippen molar-refractivity contribution in [1.29, 1.82) is 0 Å². The lowest BCUT2D eigenvalue weighted by Gasteiger charge is -2.49. The van der Waals surface area contributed by atoms with Crippen LogP contribution >= 0.6 is 11.6 Å². The van der Waals surface area contributed by atoms with E-state index in [0.29, 0.717) is 5.41 Å². The molecule has 0 aromatic heterocycles. The Labute approximate surface area is 149 Å². The number of hydrogen-bond donors (Lipinski definition) is 0. The van der Waals surface area contributed by atoms with Gasteiger partial charge in [0.25, 0.3) is 0 Å². The summed E-state index contributed by atoms with van der Waals surface area (Å²) in [5.41, 5.74) is 5.48. The van der Waals surface area contributed by atoms with Crippen LogP contribution in [0.25, 0.3) is 11.1 Å². The van der Waals surface area contributed by atoms with Crippen molar-refractivity contribution in [1.82, 2.24) is 0 Å². The standard InChI is InChI=1S/C23H23Cl/c24-21-7-3-17(4-8-21)16-1-5-18(6-2-16)22-11-15-9-19-10-20(13-22)23(19,12-15)14-22/h1-8,15,19-20H,9-14H2. The number of halogens is 1. The van der Waals surface area contributed by atoms with E-state index in [0.717, 1.165) is 28.2 Å². The Hall–Kier alpha value is -1.27. The molecule has 122 valence electrons. The fourth-order valence-corrected chi connectivity index (χ4v) is 7.48. The highest BCUT2D eigenvalue weighted by Crippen LogP contribution is 2.78. The SMILES string of the molecule is Clc1ccc(-c2ccc(C34CC5CC6CC(C3)C6(C5)C4)cc2)cc1. The van der Waals surface area contributed by atoms with Gasteiger partial charge in [-0.05, 0) is 95.9 Å². The topological polar surface area (TPSA) is 0 Å². The summed E-state index contributed by atoms with van der Waals surface area (Å²) in [7, 11) is 0. The molecule has 0 radical (unpaired) electrons. The molecule has 0 heterocycles. The molecule has 6 rings (SSSR count). The highest BCUT2D eigenvalue weighted by atomic mass is 35.5. The third-order valence-electron chi connectivity index (χ3n) is 8.14. The highest BCUT2D eigenvalue weighted by molar-refractivity contribution is 6.30. The van der Waals surface area contributed by atoms with Gasteiger partial charge >= 0.3 is 0 Å². The van der Waals surface area contributed by atoms with E-state index in [4.69, 9.17) is 11.6 Å². The first-order valence-electron chi connectivity index (χ1n) is 9.53. The quantitative estimate of drug-likeness (QED) is 0.590. The minimum atomic E-state index is 0.511. The maximum Gasteiger partial charge on any atom is 0.0406 e. The summed E-state index contributed by atoms with van der Waals surface area (Å²) in [5, 5.41) is 0.808. The lowest BCUT2D eigenvalue weighted by atomic mass is 9.55. The van der Waals surface area contributed by atoms with Crippen molar-refractivity contribution in [2.75, 3.05) is 0 Å². The minimum absolute atomic E-state index is 0.511. The number of hydrogen-bond acceptors (Lipinski definition) is 0. The molecule has 4 fully saturated rings. The van der Waals surface area contributed by atoms with Crippen LogP contribution in [-0.2, 0) is 5.41 Å². The summed E-state index contributed by atoms with van der Waals surface area (Å²) in [6.07, 6.45) is 9.07. The Kier molecular flexibility index (Phi) is 2.60.